The fourth-order valence-electron chi connectivity index (χ4n) is 8.56. The van der Waals surface area contributed by atoms with Gasteiger partial charge in [0.2, 0.25) is 0 Å². The summed E-state index contributed by atoms with van der Waals surface area (Å²) in [6.07, 6.45) is 7.63. The fourth-order valence-corrected chi connectivity index (χ4v) is 8.70. The molecule has 4 saturated heterocycles. The summed E-state index contributed by atoms with van der Waals surface area (Å²) in [6.45, 7) is 3.16. The third kappa shape index (κ3) is 7.45. The Bertz CT molecular complexity index is 2260. The van der Waals surface area contributed by atoms with Crippen LogP contribution in [0, 0.1) is 0 Å². The van der Waals surface area contributed by atoms with Gasteiger partial charge in [0.15, 0.2) is 16.8 Å². The second-order valence-electron chi connectivity index (χ2n) is 14.4. The van der Waals surface area contributed by atoms with Crippen LogP contribution < -0.4 is 31.1 Å². The Balaban J connectivity index is 0.000000162. The van der Waals surface area contributed by atoms with Gasteiger partial charge in [-0.05, 0) is 68.1 Å². The normalized spacial score (nSPS) is 20.9. The molecule has 4 fully saturated rings. The number of phenols is 1. The zero-order valence-corrected chi connectivity index (χ0v) is 31.8. The van der Waals surface area contributed by atoms with E-state index in [1.165, 1.54) is 7.11 Å². The number of carboxylic acids is 1. The van der Waals surface area contributed by atoms with E-state index in [0.717, 1.165) is 74.6 Å². The molecule has 4 aliphatic heterocycles. The first-order valence-corrected chi connectivity index (χ1v) is 19.0. The molecule has 57 heavy (non-hydrogen) atoms. The molecule has 0 spiro atoms. The molecular formula is C39H41ClN12O5. The van der Waals surface area contributed by atoms with Crippen molar-refractivity contribution < 1.29 is 24.5 Å². The Morgan fingerprint density at radius 3 is 1.72 bits per heavy atom. The highest BCUT2D eigenvalue weighted by molar-refractivity contribution is 6.29. The summed E-state index contributed by atoms with van der Waals surface area (Å²) in [6, 6.07) is 18.9. The number of nitrogen functional groups attached to an aromatic ring is 2. The van der Waals surface area contributed by atoms with Crippen LogP contribution in [0.5, 0.6) is 5.75 Å². The number of hydrogen-bond acceptors (Lipinski definition) is 16. The number of aromatic nitrogens is 6. The van der Waals surface area contributed by atoms with Gasteiger partial charge in [0, 0.05) is 62.0 Å². The number of anilines is 6. The number of carbonyl (C=O) groups is 2. The molecule has 4 aromatic heterocycles. The van der Waals surface area contributed by atoms with Gasteiger partial charge in [-0.2, -0.15) is 0 Å². The van der Waals surface area contributed by atoms with Gasteiger partial charge in [-0.25, -0.2) is 19.6 Å². The summed E-state index contributed by atoms with van der Waals surface area (Å²) in [5, 5.41) is 35.6. The number of rotatable bonds is 7. The van der Waals surface area contributed by atoms with Crippen molar-refractivity contribution in [2.24, 2.45) is 0 Å². The van der Waals surface area contributed by atoms with Crippen molar-refractivity contribution in [3.63, 3.8) is 0 Å². The van der Waals surface area contributed by atoms with E-state index in [9.17, 15) is 14.7 Å². The number of aromatic hydroxyl groups is 1. The molecule has 4 aliphatic rings. The molecule has 0 saturated carbocycles. The maximum Gasteiger partial charge on any atom is 0.356 e. The van der Waals surface area contributed by atoms with Gasteiger partial charge >= 0.3 is 11.9 Å². The lowest BCUT2D eigenvalue weighted by atomic mass is 10.1. The van der Waals surface area contributed by atoms with Crippen LogP contribution in [0.25, 0.3) is 11.3 Å². The first kappa shape index (κ1) is 37.4. The Kier molecular flexibility index (Phi) is 10.2. The van der Waals surface area contributed by atoms with Gasteiger partial charge in [0.25, 0.3) is 0 Å². The van der Waals surface area contributed by atoms with E-state index < -0.39 is 11.9 Å². The zero-order valence-electron chi connectivity index (χ0n) is 31.0. The lowest BCUT2D eigenvalue weighted by molar-refractivity contribution is 0.0593. The highest BCUT2D eigenvalue weighted by Crippen LogP contribution is 2.40. The zero-order chi connectivity index (χ0) is 39.8. The number of hydrogen-bond donors (Lipinski definition) is 4. The van der Waals surface area contributed by atoms with Crippen LogP contribution in [-0.2, 0) is 4.74 Å². The molecule has 0 aliphatic carbocycles. The van der Waals surface area contributed by atoms with E-state index in [-0.39, 0.29) is 23.5 Å². The highest BCUT2D eigenvalue weighted by Gasteiger charge is 2.42. The summed E-state index contributed by atoms with van der Waals surface area (Å²) in [4.78, 5) is 40.1. The Morgan fingerprint density at radius 1 is 0.719 bits per heavy atom. The number of phenolic OH excluding ortho intramolecular Hbond substituents is 1. The van der Waals surface area contributed by atoms with E-state index in [0.29, 0.717) is 45.8 Å². The fraction of sp³-hybridized carbons (Fsp3) is 0.333. The smallest absolute Gasteiger partial charge is 0.356 e. The average Bonchev–Trinajstić information content (AvgIpc) is 3.65. The van der Waals surface area contributed by atoms with Crippen molar-refractivity contribution in [2.75, 3.05) is 64.4 Å². The molecule has 18 heteroatoms. The van der Waals surface area contributed by atoms with E-state index >= 15 is 0 Å². The lowest BCUT2D eigenvalue weighted by Gasteiger charge is -2.43. The monoisotopic (exact) mass is 792 g/mol. The van der Waals surface area contributed by atoms with Gasteiger partial charge in [-0.15, -0.1) is 20.4 Å². The van der Waals surface area contributed by atoms with Gasteiger partial charge in [0.1, 0.15) is 17.1 Å². The lowest BCUT2D eigenvalue weighted by Crippen LogP contribution is -2.54. The minimum Gasteiger partial charge on any atom is -0.507 e. The number of methoxy groups -OCH3 is 1. The molecule has 8 heterocycles. The van der Waals surface area contributed by atoms with Crippen LogP contribution >= 0.6 is 11.6 Å². The van der Waals surface area contributed by atoms with Gasteiger partial charge < -0.3 is 46.0 Å². The van der Waals surface area contributed by atoms with Crippen molar-refractivity contribution in [1.82, 2.24) is 30.4 Å². The molecule has 4 unspecified atom stereocenters. The van der Waals surface area contributed by atoms with Crippen LogP contribution in [0.4, 0.5) is 34.4 Å². The van der Waals surface area contributed by atoms with Crippen molar-refractivity contribution in [3.05, 3.63) is 89.6 Å². The number of carbonyl (C=O) groups excluding carboxylic acids is 1. The van der Waals surface area contributed by atoms with E-state index in [1.807, 2.05) is 24.3 Å². The summed E-state index contributed by atoms with van der Waals surface area (Å²) >= 11 is 5.99. The summed E-state index contributed by atoms with van der Waals surface area (Å²) in [5.74, 6) is -0.553. The number of benzene rings is 1. The molecule has 0 amide bonds. The predicted molar refractivity (Wildman–Crippen MR) is 215 cm³/mol. The topological polar surface area (TPSA) is 226 Å². The maximum absolute atomic E-state index is 11.6. The predicted octanol–water partition coefficient (Wildman–Crippen LogP) is 4.13. The number of esters is 1. The van der Waals surface area contributed by atoms with Gasteiger partial charge in [0.05, 0.1) is 47.9 Å². The number of fused-ring (bicyclic) bond motifs is 4. The number of ether oxygens (including phenoxy) is 1. The van der Waals surface area contributed by atoms with Gasteiger partial charge in [-0.1, -0.05) is 23.7 Å². The molecule has 5 aromatic rings. The number of aromatic carboxylic acids is 1. The molecule has 6 N–H and O–H groups in total. The highest BCUT2D eigenvalue weighted by atomic mass is 35.5. The molecular weight excluding hydrogens is 752 g/mol. The van der Waals surface area contributed by atoms with Crippen LogP contribution in [-0.4, -0.2) is 110 Å². The molecule has 9 rings (SSSR count). The molecule has 1 aromatic carbocycles. The quantitative estimate of drug-likeness (QED) is 0.170. The van der Waals surface area contributed by atoms with Crippen molar-refractivity contribution in [3.8, 4) is 17.0 Å². The number of carboxylic acid groups (broad SMARTS) is 1. The molecule has 4 bridgehead atoms. The maximum atomic E-state index is 11.6. The van der Waals surface area contributed by atoms with Crippen LogP contribution in [0.2, 0.25) is 5.15 Å². The number of pyridine rings is 2. The summed E-state index contributed by atoms with van der Waals surface area (Å²) in [7, 11) is 1.35. The second-order valence-corrected chi connectivity index (χ2v) is 14.8. The Labute approximate surface area is 332 Å². The first-order chi connectivity index (χ1) is 27.6. The van der Waals surface area contributed by atoms with E-state index in [2.05, 4.69) is 50.0 Å². The van der Waals surface area contributed by atoms with Crippen LogP contribution in [0.1, 0.15) is 46.7 Å². The SMILES string of the molecule is COC(=O)c1ccc(N2C3CCC2CN(c2cc(Cl)nnc2N)C3)cn1.Nc1nnc(-c2ccccc2O)cc1N1CC2CCC(C1)N2c1ccc(C(=O)O)nc1. The largest absolute Gasteiger partial charge is 0.507 e. The van der Waals surface area contributed by atoms with E-state index in [4.69, 9.17) is 32.9 Å². The summed E-state index contributed by atoms with van der Waals surface area (Å²) < 4.78 is 4.70. The van der Waals surface area contributed by atoms with Crippen molar-refractivity contribution in [2.45, 2.75) is 49.9 Å². The Morgan fingerprint density at radius 2 is 1.23 bits per heavy atom. The molecule has 17 nitrogen and oxygen atoms in total. The van der Waals surface area contributed by atoms with E-state index in [1.54, 1.807) is 48.8 Å². The van der Waals surface area contributed by atoms with Crippen molar-refractivity contribution >= 4 is 57.9 Å². The average molecular weight is 793 g/mol. The number of nitrogens with zero attached hydrogens (tertiary/aromatic N) is 10. The summed E-state index contributed by atoms with van der Waals surface area (Å²) in [5.41, 5.74) is 17.3. The standard InChI is InChI=1S/C22H22N6O3.C17H19ClN6O2/c23-21-19(9-18(25-26-21)16-3-1-2-4-20(16)29)27-11-14-5-6-15(12-27)28(14)13-7-8-17(22(30)31)24-10-13;1-26-17(25)13-5-4-10(7-20-13)24-11-2-3-12(24)9-23(8-11)14-6-15(18)21-22-16(14)19/h1-4,7-10,14-15,29H,5-6,11-12H2,(H2,23,26)(H,30,31);4-7,11-12H,2-3,8-9H2,1H3,(H2,19,22). The Hall–Kier alpha value is -6.49. The molecule has 294 valence electrons. The molecule has 4 atom stereocenters. The number of nitrogens with two attached hydrogens (primary N) is 2. The number of para-hydroxylation sites is 1. The second kappa shape index (κ2) is 15.6. The van der Waals surface area contributed by atoms with Crippen molar-refractivity contribution in [1.29, 1.82) is 0 Å². The number of halogens is 1. The third-order valence-corrected chi connectivity index (χ3v) is 11.3. The molecule has 0 radical (unpaired) electrons. The first-order valence-electron chi connectivity index (χ1n) is 18.6. The van der Waals surface area contributed by atoms with Crippen LogP contribution in [0.15, 0.2) is 73.1 Å². The number of piperazine rings is 2. The van der Waals surface area contributed by atoms with Gasteiger partial charge in [-0.3, -0.25) is 0 Å². The van der Waals surface area contributed by atoms with Crippen LogP contribution in [0.3, 0.4) is 0 Å². The minimum atomic E-state index is -1.03. The third-order valence-electron chi connectivity index (χ3n) is 11.1. The minimum absolute atomic E-state index is 0.0436.